The minimum atomic E-state index is -4.64. The van der Waals surface area contributed by atoms with Crippen molar-refractivity contribution in [2.24, 2.45) is 28.6 Å². The van der Waals surface area contributed by atoms with Crippen LogP contribution in [0.2, 0.25) is 0 Å². The monoisotopic (exact) mass is 506 g/mol. The zero-order valence-electron chi connectivity index (χ0n) is 21.6. The van der Waals surface area contributed by atoms with Crippen molar-refractivity contribution in [3.05, 3.63) is 23.8 Å². The summed E-state index contributed by atoms with van der Waals surface area (Å²) < 4.78 is 8.88. The van der Waals surface area contributed by atoms with E-state index in [2.05, 4.69) is 6.92 Å². The van der Waals surface area contributed by atoms with Crippen molar-refractivity contribution < 1.29 is 106 Å². The van der Waals surface area contributed by atoms with Gasteiger partial charge in [0.15, 0.2) is 11.6 Å². The molecule has 12 heteroatoms. The van der Waals surface area contributed by atoms with Crippen LogP contribution in [0, 0.1) is 28.6 Å². The van der Waals surface area contributed by atoms with E-state index in [1.54, 1.807) is 12.2 Å². The molecule has 0 aromatic rings. The Labute approximate surface area is 240 Å². The molecule has 0 radical (unpaired) electrons. The molecule has 0 amide bonds. The number of hydrogen-bond acceptors (Lipinski definition) is 6. The minimum absolute atomic E-state index is 0. The van der Waals surface area contributed by atoms with Gasteiger partial charge in [0.05, 0.1) is 6.10 Å². The Morgan fingerprint density at radius 2 is 1.79 bits per heavy atom. The van der Waals surface area contributed by atoms with Gasteiger partial charge in [-0.05, 0) is 56.1 Å². The summed E-state index contributed by atoms with van der Waals surface area (Å²) in [6.45, 7) is 3.34. The average molecular weight is 506 g/mol. The van der Waals surface area contributed by atoms with Crippen molar-refractivity contribution in [2.75, 3.05) is 6.61 Å². The third-order valence-corrected chi connectivity index (χ3v) is 8.25. The maximum atomic E-state index is 12.4. The Bertz CT molecular complexity index is 890. The molecule has 4 aliphatic carbocycles. The number of carbonyl (C=O) groups excluding carboxylic acids is 2. The summed E-state index contributed by atoms with van der Waals surface area (Å²) in [5.74, 6) is -0.227. The smallest absolute Gasteiger partial charge is 1.00 e. The molecular weight excluding hydrogens is 473 g/mol. The van der Waals surface area contributed by atoms with Crippen molar-refractivity contribution in [2.45, 2.75) is 57.7 Å². The molecule has 9 nitrogen and oxygen atoms in total. The molecule has 0 aromatic heterocycles. The number of rotatable bonds is 2. The fraction of sp³-hybridized carbons (Fsp3) is 0.714. The Morgan fingerprint density at radius 3 is 2.33 bits per heavy atom. The van der Waals surface area contributed by atoms with E-state index in [0.717, 1.165) is 24.8 Å². The first-order valence-corrected chi connectivity index (χ1v) is 12.0. The van der Waals surface area contributed by atoms with Crippen LogP contribution in [-0.2, 0) is 14.2 Å². The van der Waals surface area contributed by atoms with Gasteiger partial charge >= 0.3 is 66.9 Å². The summed E-state index contributed by atoms with van der Waals surface area (Å²) in [7, 11) is -4.64. The predicted molar refractivity (Wildman–Crippen MR) is 112 cm³/mol. The van der Waals surface area contributed by atoms with Crippen molar-refractivity contribution in [1.82, 2.24) is 0 Å². The van der Waals surface area contributed by atoms with Gasteiger partial charge in [-0.2, -0.15) is 0 Å². The molecule has 0 aromatic carbocycles. The molecule has 3 fully saturated rings. The van der Waals surface area contributed by atoms with Crippen LogP contribution >= 0.6 is 7.82 Å². The van der Waals surface area contributed by atoms with Gasteiger partial charge in [-0.15, -0.1) is 0 Å². The van der Waals surface area contributed by atoms with Gasteiger partial charge in [0.2, 0.25) is 0 Å². The van der Waals surface area contributed by atoms with E-state index in [1.807, 2.05) is 13.0 Å². The van der Waals surface area contributed by atoms with Crippen LogP contribution in [0.4, 0.5) is 0 Å². The van der Waals surface area contributed by atoms with Crippen LogP contribution in [0.3, 0.4) is 0 Å². The molecule has 0 unspecified atom stereocenters. The van der Waals surface area contributed by atoms with Gasteiger partial charge in [0.1, 0.15) is 12.2 Å². The van der Waals surface area contributed by atoms with Gasteiger partial charge in [0, 0.05) is 16.7 Å². The van der Waals surface area contributed by atoms with Crippen molar-refractivity contribution in [3.63, 3.8) is 0 Å². The number of ketones is 2. The Hall–Kier alpha value is 0.810. The summed E-state index contributed by atoms with van der Waals surface area (Å²) in [5, 5.41) is 31.7. The van der Waals surface area contributed by atoms with Crippen LogP contribution in [0.5, 0.6) is 0 Å². The second kappa shape index (κ2) is 11.1. The standard InChI is InChI=1S/C21H28O5.2Na.H3O4P.2H/c1-19-7-5-13(23)9-12(19)3-4-14-15-6-8-21(26,17(25)11-22)20(15,2)10-16(24)18(14)19;;;1-5(2,3)4;;/h5,7,9,14-16,18,22,24,26H,3-4,6,8,10-11H2,1-2H3;;;(H3,1,2,3,4);;/q;2*+1;;2*-1/t14-,15-,16-,18+,19-,20-,21-;;;;;/m0...../s1. The number of allylic oxidation sites excluding steroid dienone is 4. The minimum Gasteiger partial charge on any atom is -1.00 e. The first-order chi connectivity index (χ1) is 14.2. The van der Waals surface area contributed by atoms with E-state index in [0.29, 0.717) is 12.8 Å². The molecule has 33 heavy (non-hydrogen) atoms. The summed E-state index contributed by atoms with van der Waals surface area (Å²) in [6.07, 6.45) is 7.68. The van der Waals surface area contributed by atoms with Crippen LogP contribution in [0.1, 0.15) is 48.8 Å². The Kier molecular flexibility index (Phi) is 10.7. The summed E-state index contributed by atoms with van der Waals surface area (Å²) in [6, 6.07) is 0. The van der Waals surface area contributed by atoms with E-state index >= 15 is 0 Å². The van der Waals surface area contributed by atoms with Gasteiger partial charge in [-0.3, -0.25) is 9.59 Å². The van der Waals surface area contributed by atoms with Crippen molar-refractivity contribution >= 4 is 19.4 Å². The summed E-state index contributed by atoms with van der Waals surface area (Å²) in [4.78, 5) is 45.7. The van der Waals surface area contributed by atoms with E-state index in [1.165, 1.54) is 0 Å². The van der Waals surface area contributed by atoms with E-state index in [9.17, 15) is 24.9 Å². The van der Waals surface area contributed by atoms with Crippen molar-refractivity contribution in [1.29, 1.82) is 0 Å². The number of Topliss-reactive ketones (excluding diaryl/α,β-unsaturated/α-hetero) is 1. The zero-order chi connectivity index (χ0) is 23.4. The average Bonchev–Trinajstić information content (AvgIpc) is 2.91. The Balaban J connectivity index is 0. The summed E-state index contributed by atoms with van der Waals surface area (Å²) >= 11 is 0. The summed E-state index contributed by atoms with van der Waals surface area (Å²) in [5.41, 5.74) is -1.54. The molecule has 0 saturated heterocycles. The molecule has 0 bridgehead atoms. The van der Waals surface area contributed by atoms with Crippen LogP contribution in [-0.4, -0.2) is 59.9 Å². The quantitative estimate of drug-likeness (QED) is 0.158. The molecule has 3 saturated carbocycles. The second-order valence-electron chi connectivity index (χ2n) is 9.71. The molecule has 0 spiro atoms. The van der Waals surface area contributed by atoms with Crippen LogP contribution in [0.15, 0.2) is 23.8 Å². The van der Waals surface area contributed by atoms with E-state index in [4.69, 9.17) is 19.2 Å². The number of aliphatic hydroxyl groups is 3. The third kappa shape index (κ3) is 5.72. The molecule has 0 aliphatic heterocycles. The Morgan fingerprint density at radius 1 is 1.21 bits per heavy atom. The van der Waals surface area contributed by atoms with Gasteiger partial charge in [-0.1, -0.05) is 25.5 Å². The fourth-order valence-electron chi connectivity index (χ4n) is 6.92. The molecule has 6 N–H and O–H groups in total. The van der Waals surface area contributed by atoms with Crippen LogP contribution in [0.25, 0.3) is 0 Å². The largest absolute Gasteiger partial charge is 1.00 e. The maximum absolute atomic E-state index is 12.4. The zero-order valence-corrected chi connectivity index (χ0v) is 24.5. The topological polar surface area (TPSA) is 173 Å². The van der Waals surface area contributed by atoms with Gasteiger partial charge < -0.3 is 32.9 Å². The maximum Gasteiger partial charge on any atom is 1.00 e. The van der Waals surface area contributed by atoms with Gasteiger partial charge in [0.25, 0.3) is 0 Å². The number of hydrogen-bond donors (Lipinski definition) is 6. The molecule has 178 valence electrons. The second-order valence-corrected chi connectivity index (χ2v) is 10.7. The first-order valence-electron chi connectivity index (χ1n) is 10.4. The number of carbonyl (C=O) groups is 2. The SMILES string of the molecule is C[C@]12C=CC(=O)C=C1CC[C@@H]1[C@@H]2[C@@H](O)C[C@@]2(C)[C@H]1CC[C@]2(O)C(=O)CO.O=P(O)(O)O.[H-].[H-].[Na+].[Na+]. The van der Waals surface area contributed by atoms with Gasteiger partial charge in [-0.25, -0.2) is 4.57 Å². The number of phosphoric acid groups is 1. The molecular formula is C21H33Na2O9P. The van der Waals surface area contributed by atoms with Crippen molar-refractivity contribution in [3.8, 4) is 0 Å². The molecule has 4 aliphatic rings. The third-order valence-electron chi connectivity index (χ3n) is 8.25. The van der Waals surface area contributed by atoms with E-state index in [-0.39, 0.29) is 90.9 Å². The normalized spacial score (nSPS) is 41.1. The molecule has 0 heterocycles. The molecule has 7 atom stereocenters. The number of fused-ring (bicyclic) bond motifs is 5. The molecule has 4 rings (SSSR count). The first kappa shape index (κ1) is 31.8. The van der Waals surface area contributed by atoms with E-state index < -0.39 is 37.3 Å². The fourth-order valence-corrected chi connectivity index (χ4v) is 6.92. The van der Waals surface area contributed by atoms with Crippen LogP contribution < -0.4 is 59.1 Å². The predicted octanol–water partition coefficient (Wildman–Crippen LogP) is -5.14. The number of aliphatic hydroxyl groups excluding tert-OH is 2.